The lowest BCUT2D eigenvalue weighted by Gasteiger charge is -2.31. The third-order valence-corrected chi connectivity index (χ3v) is 2.58. The zero-order valence-corrected chi connectivity index (χ0v) is 8.29. The third-order valence-electron chi connectivity index (χ3n) is 2.58. The van der Waals surface area contributed by atoms with Crippen molar-refractivity contribution in [3.8, 4) is 0 Å². The average molecular weight is 189 g/mol. The van der Waals surface area contributed by atoms with Gasteiger partial charge in [0, 0.05) is 12.5 Å². The lowest BCUT2D eigenvalue weighted by Crippen LogP contribution is -2.47. The zero-order chi connectivity index (χ0) is 10.5. The van der Waals surface area contributed by atoms with Crippen molar-refractivity contribution in [2.24, 2.45) is 5.73 Å². The molecule has 0 fully saturated rings. The summed E-state index contributed by atoms with van der Waals surface area (Å²) in [5, 5.41) is 18.3. The van der Waals surface area contributed by atoms with E-state index in [0.717, 1.165) is 0 Å². The molecule has 0 radical (unpaired) electrons. The van der Waals surface area contributed by atoms with Crippen molar-refractivity contribution in [2.75, 3.05) is 0 Å². The second-order valence-corrected chi connectivity index (χ2v) is 3.35. The predicted molar refractivity (Wildman–Crippen MR) is 50.4 cm³/mol. The summed E-state index contributed by atoms with van der Waals surface area (Å²) in [6, 6.07) is -0.446. The second kappa shape index (κ2) is 5.19. The number of aliphatic hydroxyl groups is 1. The maximum Gasteiger partial charge on any atom is 0.303 e. The molecule has 1 atom stereocenters. The smallest absolute Gasteiger partial charge is 0.303 e. The molecule has 0 rings (SSSR count). The summed E-state index contributed by atoms with van der Waals surface area (Å²) >= 11 is 0. The van der Waals surface area contributed by atoms with Crippen molar-refractivity contribution < 1.29 is 15.0 Å². The number of hydrogen-bond donors (Lipinski definition) is 3. The molecule has 0 saturated heterocycles. The highest BCUT2D eigenvalue weighted by atomic mass is 16.4. The fraction of sp³-hybridized carbons (Fsp3) is 0.889. The fourth-order valence-electron chi connectivity index (χ4n) is 1.32. The number of hydrogen-bond acceptors (Lipinski definition) is 3. The third kappa shape index (κ3) is 3.74. The van der Waals surface area contributed by atoms with E-state index in [0.29, 0.717) is 19.3 Å². The van der Waals surface area contributed by atoms with Crippen molar-refractivity contribution in [3.05, 3.63) is 0 Å². The lowest BCUT2D eigenvalue weighted by atomic mass is 9.86. The van der Waals surface area contributed by atoms with E-state index in [1.807, 2.05) is 13.8 Å². The molecular weight excluding hydrogens is 170 g/mol. The Morgan fingerprint density at radius 1 is 1.46 bits per heavy atom. The van der Waals surface area contributed by atoms with Gasteiger partial charge >= 0.3 is 5.97 Å². The van der Waals surface area contributed by atoms with Crippen LogP contribution in [0.25, 0.3) is 0 Å². The topological polar surface area (TPSA) is 83.5 Å². The minimum absolute atomic E-state index is 0.0173. The molecule has 13 heavy (non-hydrogen) atoms. The average Bonchev–Trinajstić information content (AvgIpc) is 2.12. The predicted octanol–water partition coefficient (Wildman–Crippen LogP) is 0.730. The molecule has 0 aromatic carbocycles. The number of nitrogens with two attached hydrogens (primary N) is 1. The van der Waals surface area contributed by atoms with Gasteiger partial charge in [-0.25, -0.2) is 0 Å². The summed E-state index contributed by atoms with van der Waals surface area (Å²) in [6.45, 7) is 3.70. The fourth-order valence-corrected chi connectivity index (χ4v) is 1.32. The summed E-state index contributed by atoms with van der Waals surface area (Å²) in [4.78, 5) is 10.3. The number of aliphatic carboxylic acids is 1. The molecule has 78 valence electrons. The van der Waals surface area contributed by atoms with Crippen LogP contribution in [0, 0.1) is 0 Å². The molecule has 0 aliphatic carbocycles. The van der Waals surface area contributed by atoms with Crippen molar-refractivity contribution in [3.63, 3.8) is 0 Å². The Kier molecular flexibility index (Phi) is 4.95. The van der Waals surface area contributed by atoms with Crippen LogP contribution in [-0.4, -0.2) is 27.8 Å². The van der Waals surface area contributed by atoms with Crippen LogP contribution in [0.1, 0.15) is 39.5 Å². The van der Waals surface area contributed by atoms with Gasteiger partial charge in [0.15, 0.2) is 0 Å². The van der Waals surface area contributed by atoms with Gasteiger partial charge in [-0.1, -0.05) is 13.8 Å². The highest BCUT2D eigenvalue weighted by molar-refractivity contribution is 5.66. The Labute approximate surface area is 78.7 Å². The summed E-state index contributed by atoms with van der Waals surface area (Å²) in [5.74, 6) is -0.870. The quantitative estimate of drug-likeness (QED) is 0.575. The Balaban J connectivity index is 4.06. The first kappa shape index (κ1) is 12.4. The van der Waals surface area contributed by atoms with Crippen LogP contribution >= 0.6 is 0 Å². The van der Waals surface area contributed by atoms with Crippen LogP contribution in [0.4, 0.5) is 0 Å². The van der Waals surface area contributed by atoms with Gasteiger partial charge in [0.05, 0.1) is 5.60 Å². The SMILES string of the molecule is CCC(O)(CC)[C@H](N)CCC(=O)O. The first-order chi connectivity index (χ1) is 5.96. The molecular formula is C9H19NO3. The first-order valence-electron chi connectivity index (χ1n) is 4.66. The molecule has 0 aliphatic heterocycles. The van der Waals surface area contributed by atoms with Crippen LogP contribution < -0.4 is 5.73 Å². The minimum Gasteiger partial charge on any atom is -0.481 e. The van der Waals surface area contributed by atoms with Gasteiger partial charge in [0.2, 0.25) is 0 Å². The molecule has 0 aromatic rings. The molecule has 4 nitrogen and oxygen atoms in total. The molecule has 0 aliphatic rings. The van der Waals surface area contributed by atoms with E-state index in [2.05, 4.69) is 0 Å². The summed E-state index contributed by atoms with van der Waals surface area (Å²) < 4.78 is 0. The Morgan fingerprint density at radius 2 is 1.92 bits per heavy atom. The standard InChI is InChI=1S/C9H19NO3/c1-3-9(13,4-2)7(10)5-6-8(11)12/h7,13H,3-6,10H2,1-2H3,(H,11,12)/t7-/m1/s1. The van der Waals surface area contributed by atoms with Crippen LogP contribution in [0.15, 0.2) is 0 Å². The van der Waals surface area contributed by atoms with E-state index in [1.54, 1.807) is 0 Å². The molecule has 0 amide bonds. The molecule has 0 unspecified atom stereocenters. The van der Waals surface area contributed by atoms with Crippen molar-refractivity contribution in [1.29, 1.82) is 0 Å². The number of carboxylic acid groups (broad SMARTS) is 1. The monoisotopic (exact) mass is 189 g/mol. The maximum absolute atomic E-state index is 10.3. The highest BCUT2D eigenvalue weighted by Gasteiger charge is 2.30. The van der Waals surface area contributed by atoms with Gasteiger partial charge < -0.3 is 15.9 Å². The van der Waals surface area contributed by atoms with E-state index in [9.17, 15) is 9.90 Å². The Hall–Kier alpha value is -0.610. The molecule has 0 spiro atoms. The second-order valence-electron chi connectivity index (χ2n) is 3.35. The molecule has 0 aromatic heterocycles. The van der Waals surface area contributed by atoms with Crippen LogP contribution in [0.5, 0.6) is 0 Å². The maximum atomic E-state index is 10.3. The number of rotatable bonds is 6. The van der Waals surface area contributed by atoms with Gasteiger partial charge in [-0.2, -0.15) is 0 Å². The van der Waals surface area contributed by atoms with Crippen molar-refractivity contribution in [1.82, 2.24) is 0 Å². The lowest BCUT2D eigenvalue weighted by molar-refractivity contribution is -0.137. The van der Waals surface area contributed by atoms with E-state index < -0.39 is 17.6 Å². The van der Waals surface area contributed by atoms with Gasteiger partial charge in [-0.05, 0) is 19.3 Å². The van der Waals surface area contributed by atoms with E-state index >= 15 is 0 Å². The minimum atomic E-state index is -0.907. The Bertz CT molecular complexity index is 166. The first-order valence-corrected chi connectivity index (χ1v) is 4.66. The normalized spacial score (nSPS) is 14.2. The molecule has 0 saturated carbocycles. The van der Waals surface area contributed by atoms with Gasteiger partial charge in [0.1, 0.15) is 0 Å². The van der Waals surface area contributed by atoms with E-state index in [-0.39, 0.29) is 6.42 Å². The highest BCUT2D eigenvalue weighted by Crippen LogP contribution is 2.20. The number of carboxylic acids is 1. The largest absolute Gasteiger partial charge is 0.481 e. The van der Waals surface area contributed by atoms with E-state index in [4.69, 9.17) is 10.8 Å². The summed E-state index contributed by atoms with van der Waals surface area (Å²) in [5.41, 5.74) is 4.80. The summed E-state index contributed by atoms with van der Waals surface area (Å²) in [6.07, 6.45) is 1.46. The van der Waals surface area contributed by atoms with Crippen LogP contribution in [-0.2, 0) is 4.79 Å². The van der Waals surface area contributed by atoms with Crippen LogP contribution in [0.3, 0.4) is 0 Å². The van der Waals surface area contributed by atoms with Crippen molar-refractivity contribution >= 4 is 5.97 Å². The van der Waals surface area contributed by atoms with Gasteiger partial charge in [0.25, 0.3) is 0 Å². The molecule has 4 heteroatoms. The molecule has 0 bridgehead atoms. The van der Waals surface area contributed by atoms with Crippen LogP contribution in [0.2, 0.25) is 0 Å². The number of carbonyl (C=O) groups is 1. The molecule has 4 N–H and O–H groups in total. The van der Waals surface area contributed by atoms with Crippen molar-refractivity contribution in [2.45, 2.75) is 51.2 Å². The summed E-state index contributed by atoms with van der Waals surface area (Å²) in [7, 11) is 0. The zero-order valence-electron chi connectivity index (χ0n) is 8.29. The molecule has 0 heterocycles. The van der Waals surface area contributed by atoms with Gasteiger partial charge in [-0.15, -0.1) is 0 Å². The van der Waals surface area contributed by atoms with Gasteiger partial charge in [-0.3, -0.25) is 4.79 Å². The Morgan fingerprint density at radius 3 is 2.23 bits per heavy atom. The van der Waals surface area contributed by atoms with E-state index in [1.165, 1.54) is 0 Å².